The lowest BCUT2D eigenvalue weighted by atomic mass is 10.1. The van der Waals surface area contributed by atoms with Crippen LogP contribution in [0.4, 0.5) is 0 Å². The smallest absolute Gasteiger partial charge is 0.0644 e. The Morgan fingerprint density at radius 2 is 2.17 bits per heavy atom. The number of aryl methyl sites for hydroxylation is 2. The molecule has 0 bridgehead atoms. The van der Waals surface area contributed by atoms with Crippen molar-refractivity contribution in [2.75, 3.05) is 20.1 Å². The molecule has 0 aromatic carbocycles. The van der Waals surface area contributed by atoms with Gasteiger partial charge in [0.25, 0.3) is 0 Å². The zero-order valence-electron chi connectivity index (χ0n) is 12.3. The van der Waals surface area contributed by atoms with E-state index in [-0.39, 0.29) is 0 Å². The lowest BCUT2D eigenvalue weighted by molar-refractivity contribution is 0.386. The van der Waals surface area contributed by atoms with Crippen LogP contribution in [0.15, 0.2) is 0 Å². The Bertz CT molecular complexity index is 410. The van der Waals surface area contributed by atoms with Crippen LogP contribution in [0.1, 0.15) is 43.3 Å². The summed E-state index contributed by atoms with van der Waals surface area (Å²) in [4.78, 5) is 2.39. The van der Waals surface area contributed by atoms with E-state index in [0.29, 0.717) is 12.1 Å². The van der Waals surface area contributed by atoms with Crippen molar-refractivity contribution >= 4 is 0 Å². The quantitative estimate of drug-likeness (QED) is 0.885. The fraction of sp³-hybridized carbons (Fsp3) is 0.786. The van der Waals surface area contributed by atoms with E-state index >= 15 is 0 Å². The molecule has 18 heavy (non-hydrogen) atoms. The highest BCUT2D eigenvalue weighted by Gasteiger charge is 2.24. The van der Waals surface area contributed by atoms with Gasteiger partial charge < -0.3 is 10.2 Å². The molecule has 0 saturated carbocycles. The number of nitrogens with one attached hydrogen (secondary N) is 1. The Labute approximate surface area is 110 Å². The minimum Gasteiger partial charge on any atom is -0.306 e. The molecule has 1 N–H and O–H groups in total. The Balaban J connectivity index is 2.08. The number of likely N-dealkylation sites (N-methyl/N-ethyl adjacent to an activating group) is 1. The van der Waals surface area contributed by atoms with Crippen LogP contribution < -0.4 is 5.32 Å². The van der Waals surface area contributed by atoms with Crippen LogP contribution in [-0.2, 0) is 6.54 Å². The fourth-order valence-corrected chi connectivity index (χ4v) is 3.15. The second-order valence-electron chi connectivity index (χ2n) is 5.54. The van der Waals surface area contributed by atoms with E-state index in [1.54, 1.807) is 0 Å². The maximum Gasteiger partial charge on any atom is 0.0644 e. The van der Waals surface area contributed by atoms with Crippen LogP contribution in [0.3, 0.4) is 0 Å². The molecule has 4 nitrogen and oxygen atoms in total. The molecule has 2 heterocycles. The molecule has 1 aliphatic rings. The van der Waals surface area contributed by atoms with Crippen LogP contribution in [0.25, 0.3) is 0 Å². The molecule has 1 aliphatic heterocycles. The van der Waals surface area contributed by atoms with Crippen molar-refractivity contribution < 1.29 is 0 Å². The van der Waals surface area contributed by atoms with E-state index in [4.69, 9.17) is 0 Å². The minimum atomic E-state index is 0.391. The first-order chi connectivity index (χ1) is 8.52. The van der Waals surface area contributed by atoms with E-state index in [0.717, 1.165) is 13.1 Å². The molecule has 2 atom stereocenters. The summed E-state index contributed by atoms with van der Waals surface area (Å²) in [6.45, 7) is 12.0. The summed E-state index contributed by atoms with van der Waals surface area (Å²) in [6.07, 6.45) is 1.25. The Morgan fingerprint density at radius 1 is 1.44 bits per heavy atom. The Morgan fingerprint density at radius 3 is 2.67 bits per heavy atom. The van der Waals surface area contributed by atoms with Crippen LogP contribution >= 0.6 is 0 Å². The van der Waals surface area contributed by atoms with Gasteiger partial charge in [0.05, 0.1) is 5.69 Å². The first-order valence-corrected chi connectivity index (χ1v) is 7.01. The Kier molecular flexibility index (Phi) is 4.07. The maximum atomic E-state index is 4.61. The van der Waals surface area contributed by atoms with Crippen molar-refractivity contribution in [3.8, 4) is 0 Å². The highest BCUT2D eigenvalue weighted by Crippen LogP contribution is 2.23. The second-order valence-corrected chi connectivity index (χ2v) is 5.54. The van der Waals surface area contributed by atoms with Crippen molar-refractivity contribution in [2.24, 2.45) is 0 Å². The number of rotatable bonds is 4. The number of hydrogen-bond donors (Lipinski definition) is 1. The topological polar surface area (TPSA) is 33.1 Å². The molecule has 1 saturated heterocycles. The van der Waals surface area contributed by atoms with Gasteiger partial charge in [0.1, 0.15) is 0 Å². The molecule has 0 amide bonds. The lowest BCUT2D eigenvalue weighted by Crippen LogP contribution is -2.34. The summed E-state index contributed by atoms with van der Waals surface area (Å²) < 4.78 is 2.10. The van der Waals surface area contributed by atoms with E-state index in [1.165, 1.54) is 29.9 Å². The monoisotopic (exact) mass is 250 g/mol. The van der Waals surface area contributed by atoms with E-state index < -0.39 is 0 Å². The van der Waals surface area contributed by atoms with Gasteiger partial charge in [-0.15, -0.1) is 0 Å². The molecule has 1 fully saturated rings. The first-order valence-electron chi connectivity index (χ1n) is 7.01. The van der Waals surface area contributed by atoms with Crippen LogP contribution in [0, 0.1) is 13.8 Å². The molecule has 2 unspecified atom stereocenters. The minimum absolute atomic E-state index is 0.391. The van der Waals surface area contributed by atoms with Gasteiger partial charge in [-0.1, -0.05) is 0 Å². The molecule has 1 aromatic rings. The molecular formula is C14H26N4. The zero-order chi connectivity index (χ0) is 13.3. The average Bonchev–Trinajstić information content (AvgIpc) is 2.83. The highest BCUT2D eigenvalue weighted by molar-refractivity contribution is 5.28. The number of hydrogen-bond acceptors (Lipinski definition) is 3. The molecule has 0 aliphatic carbocycles. The summed E-state index contributed by atoms with van der Waals surface area (Å²) in [6, 6.07) is 1.01. The predicted octanol–water partition coefficient (Wildman–Crippen LogP) is 1.87. The first kappa shape index (κ1) is 13.6. The van der Waals surface area contributed by atoms with Gasteiger partial charge in [0, 0.05) is 36.4 Å². The van der Waals surface area contributed by atoms with Gasteiger partial charge in [-0.2, -0.15) is 5.10 Å². The summed E-state index contributed by atoms with van der Waals surface area (Å²) in [7, 11) is 2.19. The SMILES string of the molecule is CCn1nc(C)c(C(C)NC2CCN(C)C2)c1C. The molecule has 1 aromatic heterocycles. The van der Waals surface area contributed by atoms with Crippen molar-refractivity contribution in [2.45, 2.75) is 52.7 Å². The van der Waals surface area contributed by atoms with E-state index in [1.807, 2.05) is 0 Å². The second kappa shape index (κ2) is 5.41. The van der Waals surface area contributed by atoms with Gasteiger partial charge in [0.15, 0.2) is 0 Å². The van der Waals surface area contributed by atoms with Gasteiger partial charge in [-0.05, 0) is 47.7 Å². The van der Waals surface area contributed by atoms with Gasteiger partial charge >= 0.3 is 0 Å². The molecule has 0 radical (unpaired) electrons. The third kappa shape index (κ3) is 2.59. The summed E-state index contributed by atoms with van der Waals surface area (Å²) >= 11 is 0. The number of aromatic nitrogens is 2. The molecule has 0 spiro atoms. The average molecular weight is 250 g/mol. The predicted molar refractivity (Wildman–Crippen MR) is 74.8 cm³/mol. The fourth-order valence-electron chi connectivity index (χ4n) is 3.15. The lowest BCUT2D eigenvalue weighted by Gasteiger charge is -2.20. The van der Waals surface area contributed by atoms with Crippen molar-refractivity contribution in [3.63, 3.8) is 0 Å². The summed E-state index contributed by atoms with van der Waals surface area (Å²) in [5, 5.41) is 8.36. The highest BCUT2D eigenvalue weighted by atomic mass is 15.3. The van der Waals surface area contributed by atoms with Crippen LogP contribution in [0.5, 0.6) is 0 Å². The van der Waals surface area contributed by atoms with Crippen LogP contribution in [-0.4, -0.2) is 40.9 Å². The molecule has 2 rings (SSSR count). The van der Waals surface area contributed by atoms with Gasteiger partial charge in [-0.3, -0.25) is 4.68 Å². The van der Waals surface area contributed by atoms with Crippen molar-refractivity contribution in [3.05, 3.63) is 17.0 Å². The third-order valence-electron chi connectivity index (χ3n) is 4.05. The number of likely N-dealkylation sites (tertiary alicyclic amines) is 1. The van der Waals surface area contributed by atoms with Gasteiger partial charge in [0.2, 0.25) is 0 Å². The van der Waals surface area contributed by atoms with E-state index in [9.17, 15) is 0 Å². The Hall–Kier alpha value is -0.870. The van der Waals surface area contributed by atoms with Crippen molar-refractivity contribution in [1.82, 2.24) is 20.0 Å². The molecule has 4 heteroatoms. The summed E-state index contributed by atoms with van der Waals surface area (Å²) in [5.41, 5.74) is 3.86. The maximum absolute atomic E-state index is 4.61. The standard InChI is InChI=1S/C14H26N4/c1-6-18-12(4)14(11(3)16-18)10(2)15-13-7-8-17(5)9-13/h10,13,15H,6-9H2,1-5H3. The normalized spacial score (nSPS) is 22.6. The van der Waals surface area contributed by atoms with Crippen LogP contribution in [0.2, 0.25) is 0 Å². The largest absolute Gasteiger partial charge is 0.306 e. The zero-order valence-corrected chi connectivity index (χ0v) is 12.3. The van der Waals surface area contributed by atoms with E-state index in [2.05, 4.69) is 54.7 Å². The van der Waals surface area contributed by atoms with Crippen molar-refractivity contribution in [1.29, 1.82) is 0 Å². The van der Waals surface area contributed by atoms with Gasteiger partial charge in [-0.25, -0.2) is 0 Å². The number of nitrogens with zero attached hydrogens (tertiary/aromatic N) is 3. The third-order valence-corrected chi connectivity index (χ3v) is 4.05. The molecular weight excluding hydrogens is 224 g/mol. The molecule has 102 valence electrons. The summed E-state index contributed by atoms with van der Waals surface area (Å²) in [5.74, 6) is 0.